The molecule has 3 rings (SSSR count). The Hall–Kier alpha value is -2.11. The molecule has 0 aromatic carbocycles. The van der Waals surface area contributed by atoms with Crippen LogP contribution in [0.4, 0.5) is 0 Å². The zero-order valence-electron chi connectivity index (χ0n) is 11.8. The van der Waals surface area contributed by atoms with Gasteiger partial charge in [0, 0.05) is 30.2 Å². The first-order chi connectivity index (χ1) is 9.65. The topological polar surface area (TPSA) is 64.7 Å². The van der Waals surface area contributed by atoms with Crippen LogP contribution in [0.1, 0.15) is 35.8 Å². The molecule has 0 bridgehead atoms. The van der Waals surface area contributed by atoms with Crippen molar-refractivity contribution in [1.29, 1.82) is 0 Å². The molecule has 1 aliphatic carbocycles. The normalized spacial score (nSPS) is 17.8. The van der Waals surface area contributed by atoms with Crippen molar-refractivity contribution in [3.8, 4) is 0 Å². The van der Waals surface area contributed by atoms with E-state index in [0.717, 1.165) is 30.5 Å². The third kappa shape index (κ3) is 2.33. The van der Waals surface area contributed by atoms with Crippen LogP contribution in [0.15, 0.2) is 18.5 Å². The van der Waals surface area contributed by atoms with Gasteiger partial charge in [0.15, 0.2) is 0 Å². The van der Waals surface area contributed by atoms with Gasteiger partial charge < -0.3 is 5.32 Å². The lowest BCUT2D eigenvalue weighted by molar-refractivity contribution is -0.122. The highest BCUT2D eigenvalue weighted by molar-refractivity contribution is 5.76. The van der Waals surface area contributed by atoms with E-state index in [2.05, 4.69) is 15.5 Å². The lowest BCUT2D eigenvalue weighted by atomic mass is 9.93. The first-order valence-electron chi connectivity index (χ1n) is 6.93. The fraction of sp³-hybridized carbons (Fsp3) is 0.500. The molecular weight excluding hydrogens is 254 g/mol. The molecule has 0 saturated heterocycles. The van der Waals surface area contributed by atoms with Crippen LogP contribution in [-0.2, 0) is 24.8 Å². The molecule has 20 heavy (non-hydrogen) atoms. The van der Waals surface area contributed by atoms with Crippen LogP contribution in [-0.4, -0.2) is 25.5 Å². The second-order valence-electron chi connectivity index (χ2n) is 5.31. The van der Waals surface area contributed by atoms with E-state index in [1.807, 2.05) is 30.9 Å². The SMILES string of the molecule is Cc1ccnn1CC(=O)NC1CCCc2c1cnn2C. The van der Waals surface area contributed by atoms with E-state index in [0.29, 0.717) is 0 Å². The predicted octanol–water partition coefficient (Wildman–Crippen LogP) is 1.12. The van der Waals surface area contributed by atoms with E-state index in [-0.39, 0.29) is 18.5 Å². The fourth-order valence-corrected chi connectivity index (χ4v) is 2.80. The number of carbonyl (C=O) groups is 1. The van der Waals surface area contributed by atoms with Gasteiger partial charge in [0.2, 0.25) is 5.91 Å². The lowest BCUT2D eigenvalue weighted by Gasteiger charge is -2.23. The van der Waals surface area contributed by atoms with Crippen LogP contribution in [0.25, 0.3) is 0 Å². The molecule has 0 saturated carbocycles. The summed E-state index contributed by atoms with van der Waals surface area (Å²) < 4.78 is 3.62. The van der Waals surface area contributed by atoms with Crippen molar-refractivity contribution in [1.82, 2.24) is 24.9 Å². The van der Waals surface area contributed by atoms with Crippen LogP contribution in [0, 0.1) is 6.92 Å². The zero-order valence-corrected chi connectivity index (χ0v) is 11.8. The molecule has 2 aromatic heterocycles. The Balaban J connectivity index is 1.69. The molecule has 6 heteroatoms. The molecule has 1 aliphatic rings. The van der Waals surface area contributed by atoms with Gasteiger partial charge in [-0.25, -0.2) is 0 Å². The molecule has 1 atom stereocenters. The van der Waals surface area contributed by atoms with Gasteiger partial charge in [-0.3, -0.25) is 14.2 Å². The molecular formula is C14H19N5O. The number of rotatable bonds is 3. The summed E-state index contributed by atoms with van der Waals surface area (Å²) in [5.41, 5.74) is 3.38. The van der Waals surface area contributed by atoms with E-state index in [1.165, 1.54) is 5.69 Å². The van der Waals surface area contributed by atoms with E-state index in [4.69, 9.17) is 0 Å². The van der Waals surface area contributed by atoms with Crippen molar-refractivity contribution in [3.63, 3.8) is 0 Å². The number of hydrogen-bond donors (Lipinski definition) is 1. The van der Waals surface area contributed by atoms with Gasteiger partial charge in [-0.2, -0.15) is 10.2 Å². The zero-order chi connectivity index (χ0) is 14.1. The second kappa shape index (κ2) is 5.11. The Morgan fingerprint density at radius 2 is 2.35 bits per heavy atom. The van der Waals surface area contributed by atoms with Crippen molar-refractivity contribution in [3.05, 3.63) is 35.4 Å². The Bertz CT molecular complexity index is 627. The summed E-state index contributed by atoms with van der Waals surface area (Å²) in [5.74, 6) is -0.00139. The number of nitrogens with zero attached hydrogens (tertiary/aromatic N) is 4. The summed E-state index contributed by atoms with van der Waals surface area (Å²) in [6.45, 7) is 2.21. The highest BCUT2D eigenvalue weighted by Gasteiger charge is 2.24. The number of aromatic nitrogens is 4. The van der Waals surface area contributed by atoms with Gasteiger partial charge in [0.05, 0.1) is 12.2 Å². The number of amides is 1. The van der Waals surface area contributed by atoms with Gasteiger partial charge in [-0.1, -0.05) is 0 Å². The van der Waals surface area contributed by atoms with Crippen LogP contribution < -0.4 is 5.32 Å². The summed E-state index contributed by atoms with van der Waals surface area (Å²) in [6.07, 6.45) is 6.68. The average Bonchev–Trinajstić information content (AvgIpc) is 2.98. The van der Waals surface area contributed by atoms with Gasteiger partial charge in [0.25, 0.3) is 0 Å². The fourth-order valence-electron chi connectivity index (χ4n) is 2.80. The molecule has 0 fully saturated rings. The minimum atomic E-state index is -0.00139. The first kappa shape index (κ1) is 12.9. The third-order valence-corrected chi connectivity index (χ3v) is 3.93. The quantitative estimate of drug-likeness (QED) is 0.911. The maximum absolute atomic E-state index is 12.1. The predicted molar refractivity (Wildman–Crippen MR) is 74.0 cm³/mol. The van der Waals surface area contributed by atoms with Crippen LogP contribution in [0.2, 0.25) is 0 Å². The largest absolute Gasteiger partial charge is 0.348 e. The van der Waals surface area contributed by atoms with Crippen LogP contribution in [0.3, 0.4) is 0 Å². The molecule has 2 aromatic rings. The van der Waals surface area contributed by atoms with E-state index >= 15 is 0 Å². The summed E-state index contributed by atoms with van der Waals surface area (Å²) in [4.78, 5) is 12.1. The van der Waals surface area contributed by atoms with Crippen LogP contribution in [0.5, 0.6) is 0 Å². The Morgan fingerprint density at radius 1 is 1.50 bits per heavy atom. The van der Waals surface area contributed by atoms with Crippen molar-refractivity contribution in [2.24, 2.45) is 7.05 Å². The smallest absolute Gasteiger partial charge is 0.242 e. The molecule has 1 N–H and O–H groups in total. The Kier molecular flexibility index (Phi) is 3.30. The molecule has 0 spiro atoms. The maximum atomic E-state index is 12.1. The first-order valence-corrected chi connectivity index (χ1v) is 6.93. The highest BCUT2D eigenvalue weighted by atomic mass is 16.2. The summed E-state index contributed by atoms with van der Waals surface area (Å²) in [6, 6.07) is 1.98. The minimum absolute atomic E-state index is 0.00139. The Morgan fingerprint density at radius 3 is 3.10 bits per heavy atom. The molecule has 106 valence electrons. The molecule has 1 amide bonds. The summed E-state index contributed by atoms with van der Waals surface area (Å²) in [7, 11) is 1.95. The van der Waals surface area contributed by atoms with Crippen molar-refractivity contribution < 1.29 is 4.79 Å². The standard InChI is InChI=1S/C14H19N5O/c1-10-6-7-15-19(10)9-14(20)17-12-4-3-5-13-11(12)8-16-18(13)2/h6-8,12H,3-5,9H2,1-2H3,(H,17,20). The number of aryl methyl sites for hydroxylation is 2. The monoisotopic (exact) mass is 273 g/mol. The molecule has 0 aliphatic heterocycles. The number of hydrogen-bond acceptors (Lipinski definition) is 3. The number of nitrogens with one attached hydrogen (secondary N) is 1. The van der Waals surface area contributed by atoms with Gasteiger partial charge in [-0.15, -0.1) is 0 Å². The highest BCUT2D eigenvalue weighted by Crippen LogP contribution is 2.28. The summed E-state index contributed by atoms with van der Waals surface area (Å²) >= 11 is 0. The molecule has 2 heterocycles. The van der Waals surface area contributed by atoms with Gasteiger partial charge >= 0.3 is 0 Å². The maximum Gasteiger partial charge on any atom is 0.242 e. The van der Waals surface area contributed by atoms with Gasteiger partial charge in [0.1, 0.15) is 6.54 Å². The molecule has 1 unspecified atom stereocenters. The third-order valence-electron chi connectivity index (χ3n) is 3.93. The second-order valence-corrected chi connectivity index (χ2v) is 5.31. The van der Waals surface area contributed by atoms with E-state index in [9.17, 15) is 4.79 Å². The lowest BCUT2D eigenvalue weighted by Crippen LogP contribution is -2.33. The van der Waals surface area contributed by atoms with Crippen LogP contribution >= 0.6 is 0 Å². The van der Waals surface area contributed by atoms with Crippen molar-refractivity contribution in [2.75, 3.05) is 0 Å². The minimum Gasteiger partial charge on any atom is -0.348 e. The van der Waals surface area contributed by atoms with Gasteiger partial charge in [-0.05, 0) is 32.3 Å². The number of fused-ring (bicyclic) bond motifs is 1. The molecule has 6 nitrogen and oxygen atoms in total. The van der Waals surface area contributed by atoms with Crippen molar-refractivity contribution in [2.45, 2.75) is 38.8 Å². The van der Waals surface area contributed by atoms with E-state index in [1.54, 1.807) is 10.9 Å². The molecule has 0 radical (unpaired) electrons. The van der Waals surface area contributed by atoms with E-state index < -0.39 is 0 Å². The Labute approximate surface area is 117 Å². The number of carbonyl (C=O) groups excluding carboxylic acids is 1. The summed E-state index contributed by atoms with van der Waals surface area (Å²) in [5, 5.41) is 11.5. The van der Waals surface area contributed by atoms with Crippen molar-refractivity contribution >= 4 is 5.91 Å². The average molecular weight is 273 g/mol.